The fourth-order valence-electron chi connectivity index (χ4n) is 2.76. The van der Waals surface area contributed by atoms with E-state index in [-0.39, 0.29) is 0 Å². The lowest BCUT2D eigenvalue weighted by molar-refractivity contribution is -0.310. The molecule has 0 bridgehead atoms. The maximum Gasteiger partial charge on any atom is 0.272 e. The van der Waals surface area contributed by atoms with E-state index in [0.29, 0.717) is 12.0 Å². The molecule has 3 rings (SSSR count). The van der Waals surface area contributed by atoms with Gasteiger partial charge in [-0.2, -0.15) is 8.42 Å². The zero-order valence-corrected chi connectivity index (χ0v) is 12.4. The number of nitrogens with one attached hydrogen (secondary N) is 1. The fraction of sp³-hybridized carbons (Fsp3) is 0.188. The average Bonchev–Trinajstić information content (AvgIpc) is 2.45. The van der Waals surface area contributed by atoms with Crippen molar-refractivity contribution in [3.63, 3.8) is 0 Å². The van der Waals surface area contributed by atoms with Crippen molar-refractivity contribution in [2.75, 3.05) is 0 Å². The van der Waals surface area contributed by atoms with Crippen LogP contribution in [0, 0.1) is 0 Å². The number of hydrogen-bond donors (Lipinski definition) is 1. The minimum atomic E-state index is -4.13. The minimum Gasteiger partial charge on any atom is -0.285 e. The molecule has 108 valence electrons. The van der Waals surface area contributed by atoms with Gasteiger partial charge in [0, 0.05) is 17.5 Å². The Hall–Kier alpha value is -1.98. The summed E-state index contributed by atoms with van der Waals surface area (Å²) in [6.07, 6.45) is 0.324. The number of aromatic amines is 1. The van der Waals surface area contributed by atoms with Crippen LogP contribution in [0.25, 0.3) is 21.8 Å². The molecule has 2 aromatic carbocycles. The Labute approximate surface area is 123 Å². The van der Waals surface area contributed by atoms with Crippen LogP contribution in [-0.2, 0) is 10.1 Å². The molecule has 0 aliphatic carbocycles. The molecule has 2 N–H and O–H groups in total. The van der Waals surface area contributed by atoms with Gasteiger partial charge in [-0.1, -0.05) is 31.2 Å². The van der Waals surface area contributed by atoms with Gasteiger partial charge in [-0.15, -0.1) is 0 Å². The van der Waals surface area contributed by atoms with E-state index in [4.69, 9.17) is 0 Å². The molecule has 4 nitrogen and oxygen atoms in total. The summed E-state index contributed by atoms with van der Waals surface area (Å²) in [5, 5.41) is 0.916. The Balaban J connectivity index is 2.35. The van der Waals surface area contributed by atoms with Crippen LogP contribution >= 0.6 is 0 Å². The second-order valence-corrected chi connectivity index (χ2v) is 6.68. The molecule has 3 aromatic rings. The quantitative estimate of drug-likeness (QED) is 0.597. The van der Waals surface area contributed by atoms with Crippen molar-refractivity contribution in [1.29, 1.82) is 0 Å². The van der Waals surface area contributed by atoms with Crippen molar-refractivity contribution in [2.45, 2.75) is 18.6 Å². The molecular weight excluding hydrogens is 286 g/mol. The van der Waals surface area contributed by atoms with Gasteiger partial charge < -0.3 is 0 Å². The summed E-state index contributed by atoms with van der Waals surface area (Å²) in [4.78, 5) is 3.30. The Morgan fingerprint density at radius 3 is 2.52 bits per heavy atom. The van der Waals surface area contributed by atoms with Crippen LogP contribution in [0.5, 0.6) is 0 Å². The Morgan fingerprint density at radius 1 is 1.10 bits per heavy atom. The SMILES string of the molecule is CCC(c1cccc2[nH+]c3ccccc3cc12)S(=O)(=O)O. The number of benzene rings is 2. The van der Waals surface area contributed by atoms with Crippen molar-refractivity contribution in [1.82, 2.24) is 0 Å². The molecule has 0 fully saturated rings. The van der Waals surface area contributed by atoms with Crippen molar-refractivity contribution < 1.29 is 18.0 Å². The summed E-state index contributed by atoms with van der Waals surface area (Å²) in [5.74, 6) is 0. The maximum atomic E-state index is 11.6. The molecule has 0 aliphatic rings. The van der Waals surface area contributed by atoms with E-state index in [0.717, 1.165) is 21.8 Å². The molecule has 0 spiro atoms. The predicted octanol–water partition coefficient (Wildman–Crippen LogP) is 3.15. The van der Waals surface area contributed by atoms with E-state index < -0.39 is 15.4 Å². The van der Waals surface area contributed by atoms with Crippen LogP contribution in [0.2, 0.25) is 0 Å². The highest BCUT2D eigenvalue weighted by molar-refractivity contribution is 7.86. The van der Waals surface area contributed by atoms with Gasteiger partial charge in [-0.25, -0.2) is 4.98 Å². The summed E-state index contributed by atoms with van der Waals surface area (Å²) >= 11 is 0. The molecule has 0 aliphatic heterocycles. The van der Waals surface area contributed by atoms with Crippen molar-refractivity contribution in [3.8, 4) is 0 Å². The van der Waals surface area contributed by atoms with E-state index in [9.17, 15) is 13.0 Å². The Morgan fingerprint density at radius 2 is 1.81 bits per heavy atom. The van der Waals surface area contributed by atoms with Gasteiger partial charge in [0.2, 0.25) is 11.0 Å². The standard InChI is InChI=1S/C16H15NO3S/c1-2-16(21(18,19)20)12-7-5-9-15-13(12)10-11-6-3-4-8-14(11)17-15/h3-10,16H,2H2,1H3,(H,18,19,20)/p+1. The highest BCUT2D eigenvalue weighted by atomic mass is 32.2. The molecule has 0 saturated heterocycles. The Bertz CT molecular complexity index is 919. The molecule has 1 aromatic heterocycles. The van der Waals surface area contributed by atoms with Gasteiger partial charge in [0.1, 0.15) is 5.25 Å². The van der Waals surface area contributed by atoms with Crippen LogP contribution in [0.3, 0.4) is 0 Å². The zero-order valence-electron chi connectivity index (χ0n) is 11.6. The second kappa shape index (κ2) is 5.09. The van der Waals surface area contributed by atoms with Crippen molar-refractivity contribution in [2.24, 2.45) is 0 Å². The summed E-state index contributed by atoms with van der Waals surface area (Å²) in [6.45, 7) is 1.75. The lowest BCUT2D eigenvalue weighted by atomic mass is 10.0. The molecule has 0 radical (unpaired) electrons. The Kier molecular flexibility index (Phi) is 3.39. The van der Waals surface area contributed by atoms with E-state index >= 15 is 0 Å². The van der Waals surface area contributed by atoms with Crippen LogP contribution in [-0.4, -0.2) is 13.0 Å². The van der Waals surface area contributed by atoms with Crippen LogP contribution in [0.4, 0.5) is 0 Å². The topological polar surface area (TPSA) is 68.5 Å². The molecule has 1 atom stereocenters. The van der Waals surface area contributed by atoms with Crippen LogP contribution in [0.1, 0.15) is 24.2 Å². The molecule has 1 unspecified atom stereocenters. The van der Waals surface area contributed by atoms with Gasteiger partial charge in [0.15, 0.2) is 0 Å². The summed E-state index contributed by atoms with van der Waals surface area (Å²) < 4.78 is 32.7. The molecule has 0 amide bonds. The largest absolute Gasteiger partial charge is 0.285 e. The smallest absolute Gasteiger partial charge is 0.272 e. The first-order chi connectivity index (χ1) is 10.0. The molecule has 5 heteroatoms. The number of H-pyrrole nitrogens is 1. The predicted molar refractivity (Wildman–Crippen MR) is 82.6 cm³/mol. The number of pyridine rings is 1. The lowest BCUT2D eigenvalue weighted by Gasteiger charge is -2.13. The first-order valence-electron chi connectivity index (χ1n) is 6.80. The molecular formula is C16H16NO3S+. The van der Waals surface area contributed by atoms with Gasteiger partial charge >= 0.3 is 0 Å². The summed E-state index contributed by atoms with van der Waals surface area (Å²) in [6, 6.07) is 15.3. The third-order valence-corrected chi connectivity index (χ3v) is 5.05. The number of aromatic nitrogens is 1. The van der Waals surface area contributed by atoms with Crippen LogP contribution < -0.4 is 4.98 Å². The number of rotatable bonds is 3. The molecule has 1 heterocycles. The average molecular weight is 302 g/mol. The monoisotopic (exact) mass is 302 g/mol. The van der Waals surface area contributed by atoms with E-state index in [1.54, 1.807) is 19.1 Å². The highest BCUT2D eigenvalue weighted by Gasteiger charge is 2.26. The van der Waals surface area contributed by atoms with Crippen LogP contribution in [0.15, 0.2) is 48.5 Å². The molecule has 21 heavy (non-hydrogen) atoms. The fourth-order valence-corrected chi connectivity index (χ4v) is 3.71. The lowest BCUT2D eigenvalue weighted by Crippen LogP contribution is -2.13. The molecule has 0 saturated carbocycles. The second-order valence-electron chi connectivity index (χ2n) is 5.08. The van der Waals surface area contributed by atoms with Gasteiger partial charge in [-0.3, -0.25) is 4.55 Å². The van der Waals surface area contributed by atoms with Gasteiger partial charge in [-0.05, 0) is 24.1 Å². The van der Waals surface area contributed by atoms with E-state index in [1.807, 2.05) is 36.4 Å². The van der Waals surface area contributed by atoms with E-state index in [1.165, 1.54) is 0 Å². The third kappa shape index (κ3) is 2.50. The van der Waals surface area contributed by atoms with Gasteiger partial charge in [0.25, 0.3) is 10.1 Å². The number of hydrogen-bond acceptors (Lipinski definition) is 2. The summed E-state index contributed by atoms with van der Waals surface area (Å²) in [5.41, 5.74) is 2.47. The summed E-state index contributed by atoms with van der Waals surface area (Å²) in [7, 11) is -4.13. The normalized spacial score (nSPS) is 13.6. The maximum absolute atomic E-state index is 11.6. The van der Waals surface area contributed by atoms with Gasteiger partial charge in [0.05, 0.1) is 5.39 Å². The first kappa shape index (κ1) is 14.0. The van der Waals surface area contributed by atoms with E-state index in [2.05, 4.69) is 4.98 Å². The third-order valence-electron chi connectivity index (χ3n) is 3.75. The number of para-hydroxylation sites is 1. The zero-order chi connectivity index (χ0) is 15.0. The van der Waals surface area contributed by atoms with Crippen molar-refractivity contribution in [3.05, 3.63) is 54.1 Å². The van der Waals surface area contributed by atoms with Crippen molar-refractivity contribution >= 4 is 31.9 Å². The highest BCUT2D eigenvalue weighted by Crippen LogP contribution is 2.31. The minimum absolute atomic E-state index is 0.324. The number of fused-ring (bicyclic) bond motifs is 2. The first-order valence-corrected chi connectivity index (χ1v) is 8.31.